The van der Waals surface area contributed by atoms with Crippen LogP contribution in [-0.2, 0) is 4.84 Å². The van der Waals surface area contributed by atoms with Gasteiger partial charge in [0.25, 0.3) is 5.91 Å². The Hall–Kier alpha value is -0.910. The topological polar surface area (TPSA) is 50.4 Å². The van der Waals surface area contributed by atoms with Gasteiger partial charge in [0.2, 0.25) is 0 Å². The van der Waals surface area contributed by atoms with Gasteiger partial charge in [-0.05, 0) is 30.3 Å². The largest absolute Gasteiger partial charge is 0.316 e. The van der Waals surface area contributed by atoms with Gasteiger partial charge in [-0.25, -0.2) is 5.48 Å². The second-order valence-corrected chi connectivity index (χ2v) is 4.53. The van der Waals surface area contributed by atoms with Gasteiger partial charge in [0.05, 0.1) is 11.5 Å². The monoisotopic (exact) mass is 226 g/mol. The number of hydrogen-bond acceptors (Lipinski definition) is 4. The molecule has 2 heterocycles. The molecule has 1 aromatic rings. The third kappa shape index (κ3) is 3.02. The van der Waals surface area contributed by atoms with Gasteiger partial charge in [-0.1, -0.05) is 6.07 Å². The van der Waals surface area contributed by atoms with Crippen molar-refractivity contribution in [3.63, 3.8) is 0 Å². The van der Waals surface area contributed by atoms with E-state index >= 15 is 0 Å². The van der Waals surface area contributed by atoms with Crippen LogP contribution in [0.25, 0.3) is 0 Å². The van der Waals surface area contributed by atoms with E-state index in [0.717, 1.165) is 19.5 Å². The average molecular weight is 226 g/mol. The van der Waals surface area contributed by atoms with E-state index in [9.17, 15) is 4.79 Å². The molecule has 0 bridgehead atoms. The van der Waals surface area contributed by atoms with Crippen molar-refractivity contribution >= 4 is 17.2 Å². The predicted octanol–water partition coefficient (Wildman–Crippen LogP) is 1.02. The lowest BCUT2D eigenvalue weighted by atomic mass is 10.1. The summed E-state index contributed by atoms with van der Waals surface area (Å²) in [5, 5.41) is 5.12. The molecule has 2 rings (SSSR count). The van der Waals surface area contributed by atoms with E-state index in [-0.39, 0.29) is 5.91 Å². The van der Waals surface area contributed by atoms with Crippen LogP contribution in [0.5, 0.6) is 0 Å². The normalized spacial score (nSPS) is 20.4. The van der Waals surface area contributed by atoms with Gasteiger partial charge in [-0.15, -0.1) is 11.3 Å². The Morgan fingerprint density at radius 2 is 2.67 bits per heavy atom. The number of hydrogen-bond donors (Lipinski definition) is 2. The van der Waals surface area contributed by atoms with Gasteiger partial charge in [0.1, 0.15) is 0 Å². The molecule has 1 saturated heterocycles. The van der Waals surface area contributed by atoms with Crippen LogP contribution in [0.15, 0.2) is 17.5 Å². The molecule has 15 heavy (non-hydrogen) atoms. The molecule has 1 aliphatic rings. The van der Waals surface area contributed by atoms with E-state index < -0.39 is 0 Å². The van der Waals surface area contributed by atoms with Gasteiger partial charge in [-0.3, -0.25) is 9.63 Å². The van der Waals surface area contributed by atoms with Crippen molar-refractivity contribution in [3.05, 3.63) is 22.4 Å². The Bertz CT molecular complexity index is 307. The summed E-state index contributed by atoms with van der Waals surface area (Å²) in [5.74, 6) is 0.365. The minimum absolute atomic E-state index is 0.157. The molecule has 82 valence electrons. The third-order valence-corrected chi connectivity index (χ3v) is 3.26. The quantitative estimate of drug-likeness (QED) is 0.754. The Morgan fingerprint density at radius 3 is 3.33 bits per heavy atom. The van der Waals surface area contributed by atoms with E-state index in [1.165, 1.54) is 11.3 Å². The molecule has 1 atom stereocenters. The zero-order valence-electron chi connectivity index (χ0n) is 8.36. The zero-order chi connectivity index (χ0) is 10.5. The Kier molecular flexibility index (Phi) is 3.71. The van der Waals surface area contributed by atoms with Crippen molar-refractivity contribution in [1.82, 2.24) is 10.8 Å². The van der Waals surface area contributed by atoms with Gasteiger partial charge in [0, 0.05) is 6.54 Å². The molecule has 1 unspecified atom stereocenters. The maximum absolute atomic E-state index is 11.4. The molecule has 0 radical (unpaired) electrons. The lowest BCUT2D eigenvalue weighted by Crippen LogP contribution is -2.26. The first-order chi connectivity index (χ1) is 7.36. The minimum atomic E-state index is -0.157. The van der Waals surface area contributed by atoms with Gasteiger partial charge < -0.3 is 5.32 Å². The second kappa shape index (κ2) is 5.25. The fraction of sp³-hybridized carbons (Fsp3) is 0.500. The van der Waals surface area contributed by atoms with Crippen LogP contribution in [0, 0.1) is 5.92 Å². The number of carbonyl (C=O) groups is 1. The number of rotatable bonds is 4. The number of amides is 1. The minimum Gasteiger partial charge on any atom is -0.316 e. The molecule has 1 fully saturated rings. The maximum atomic E-state index is 11.4. The molecule has 0 aromatic carbocycles. The first-order valence-corrected chi connectivity index (χ1v) is 5.90. The van der Waals surface area contributed by atoms with E-state index in [4.69, 9.17) is 4.84 Å². The van der Waals surface area contributed by atoms with E-state index in [2.05, 4.69) is 10.8 Å². The van der Waals surface area contributed by atoms with Gasteiger partial charge in [0.15, 0.2) is 0 Å². The number of thiophene rings is 1. The Balaban J connectivity index is 1.67. The summed E-state index contributed by atoms with van der Waals surface area (Å²) < 4.78 is 0. The van der Waals surface area contributed by atoms with Crippen LogP contribution in [0.2, 0.25) is 0 Å². The Labute approximate surface area is 92.6 Å². The molecule has 2 N–H and O–H groups in total. The fourth-order valence-corrected chi connectivity index (χ4v) is 2.15. The van der Waals surface area contributed by atoms with E-state index in [0.29, 0.717) is 17.4 Å². The van der Waals surface area contributed by atoms with Crippen molar-refractivity contribution in [1.29, 1.82) is 0 Å². The van der Waals surface area contributed by atoms with E-state index in [1.54, 1.807) is 6.07 Å². The van der Waals surface area contributed by atoms with Crippen molar-refractivity contribution in [2.45, 2.75) is 6.42 Å². The molecular formula is C10H14N2O2S. The van der Waals surface area contributed by atoms with Crippen LogP contribution < -0.4 is 10.8 Å². The number of hydroxylamine groups is 1. The second-order valence-electron chi connectivity index (χ2n) is 3.58. The fourth-order valence-electron chi connectivity index (χ4n) is 1.54. The molecule has 5 heteroatoms. The molecule has 0 aliphatic carbocycles. The third-order valence-electron chi connectivity index (χ3n) is 2.39. The van der Waals surface area contributed by atoms with Crippen molar-refractivity contribution in [2.24, 2.45) is 5.92 Å². The first kappa shape index (κ1) is 10.6. The van der Waals surface area contributed by atoms with Crippen LogP contribution in [0.1, 0.15) is 16.1 Å². The Morgan fingerprint density at radius 1 is 1.73 bits per heavy atom. The lowest BCUT2D eigenvalue weighted by molar-refractivity contribution is 0.0191. The highest BCUT2D eigenvalue weighted by Crippen LogP contribution is 2.09. The van der Waals surface area contributed by atoms with Gasteiger partial charge in [-0.2, -0.15) is 0 Å². The predicted molar refractivity (Wildman–Crippen MR) is 58.7 cm³/mol. The summed E-state index contributed by atoms with van der Waals surface area (Å²) in [6, 6.07) is 3.63. The zero-order valence-corrected chi connectivity index (χ0v) is 9.18. The van der Waals surface area contributed by atoms with E-state index in [1.807, 2.05) is 11.4 Å². The van der Waals surface area contributed by atoms with Gasteiger partial charge >= 0.3 is 0 Å². The highest BCUT2D eigenvalue weighted by molar-refractivity contribution is 7.12. The number of carbonyl (C=O) groups excluding carboxylic acids is 1. The lowest BCUT2D eigenvalue weighted by Gasteiger charge is -2.08. The summed E-state index contributed by atoms with van der Waals surface area (Å²) in [7, 11) is 0. The summed E-state index contributed by atoms with van der Waals surface area (Å²) in [6.07, 6.45) is 1.12. The van der Waals surface area contributed by atoms with Crippen molar-refractivity contribution < 1.29 is 9.63 Å². The maximum Gasteiger partial charge on any atom is 0.284 e. The molecule has 1 aromatic heterocycles. The molecule has 4 nitrogen and oxygen atoms in total. The smallest absolute Gasteiger partial charge is 0.284 e. The summed E-state index contributed by atoms with van der Waals surface area (Å²) in [5.41, 5.74) is 2.46. The average Bonchev–Trinajstić information content (AvgIpc) is 2.90. The molecule has 0 saturated carbocycles. The van der Waals surface area contributed by atoms with Crippen molar-refractivity contribution in [3.8, 4) is 0 Å². The number of nitrogens with one attached hydrogen (secondary N) is 2. The molecular weight excluding hydrogens is 212 g/mol. The van der Waals surface area contributed by atoms with Crippen molar-refractivity contribution in [2.75, 3.05) is 19.7 Å². The SMILES string of the molecule is O=C(NOCC1CCNC1)c1cccs1. The highest BCUT2D eigenvalue weighted by Gasteiger charge is 2.15. The first-order valence-electron chi connectivity index (χ1n) is 5.02. The van der Waals surface area contributed by atoms with Crippen LogP contribution in [-0.4, -0.2) is 25.6 Å². The molecule has 1 aliphatic heterocycles. The molecule has 1 amide bonds. The van der Waals surface area contributed by atoms with Crippen LogP contribution in [0.3, 0.4) is 0 Å². The molecule has 0 spiro atoms. The summed E-state index contributed by atoms with van der Waals surface area (Å²) in [6.45, 7) is 2.62. The van der Waals surface area contributed by atoms with Crippen LogP contribution >= 0.6 is 11.3 Å². The standard InChI is InChI=1S/C10H14N2O2S/c13-10(9-2-1-5-15-9)12-14-7-8-3-4-11-6-8/h1-2,5,8,11H,3-4,6-7H2,(H,12,13). The van der Waals surface area contributed by atoms with Crippen LogP contribution in [0.4, 0.5) is 0 Å². The summed E-state index contributed by atoms with van der Waals surface area (Å²) >= 11 is 1.41. The highest BCUT2D eigenvalue weighted by atomic mass is 32.1. The summed E-state index contributed by atoms with van der Waals surface area (Å²) in [4.78, 5) is 17.3.